The molecule has 0 heterocycles. The summed E-state index contributed by atoms with van der Waals surface area (Å²) in [5, 5.41) is 15.5. The van der Waals surface area contributed by atoms with Crippen molar-refractivity contribution in [2.75, 3.05) is 11.9 Å². The normalized spacial score (nSPS) is 10.1. The van der Waals surface area contributed by atoms with Gasteiger partial charge in [-0.25, -0.2) is 0 Å². The Morgan fingerprint density at radius 3 is 2.42 bits per heavy atom. The molecule has 0 spiro atoms. The molecular weight excluding hydrogens is 324 g/mol. The molecule has 0 bridgehead atoms. The Balaban J connectivity index is 2.01. The van der Waals surface area contributed by atoms with Crippen LogP contribution in [-0.2, 0) is 0 Å². The van der Waals surface area contributed by atoms with E-state index in [0.717, 1.165) is 11.1 Å². The van der Waals surface area contributed by atoms with E-state index in [0.29, 0.717) is 23.6 Å². The molecule has 2 rings (SSSR count). The van der Waals surface area contributed by atoms with E-state index in [1.807, 2.05) is 20.8 Å². The fourth-order valence-electron chi connectivity index (χ4n) is 2.10. The minimum atomic E-state index is -0.334. The molecule has 0 aromatic heterocycles. The largest absolute Gasteiger partial charge is 0.506 e. The monoisotopic (exact) mass is 344 g/mol. The molecule has 1 amide bonds. The Labute approximate surface area is 146 Å². The van der Waals surface area contributed by atoms with Crippen molar-refractivity contribution < 1.29 is 14.6 Å². The first-order valence-electron chi connectivity index (χ1n) is 7.56. The molecule has 3 N–H and O–H groups in total. The van der Waals surface area contributed by atoms with Gasteiger partial charge in [0, 0.05) is 5.56 Å². The van der Waals surface area contributed by atoms with Crippen molar-refractivity contribution in [3.63, 3.8) is 0 Å². The average molecular weight is 344 g/mol. The number of carbonyl (C=O) groups excluding carboxylic acids is 1. The van der Waals surface area contributed by atoms with E-state index in [1.165, 1.54) is 0 Å². The molecule has 0 saturated heterocycles. The zero-order valence-corrected chi connectivity index (χ0v) is 14.7. The van der Waals surface area contributed by atoms with Crippen molar-refractivity contribution in [2.45, 2.75) is 20.8 Å². The zero-order valence-electron chi connectivity index (χ0n) is 13.8. The topological polar surface area (TPSA) is 70.6 Å². The summed E-state index contributed by atoms with van der Waals surface area (Å²) >= 11 is 5.14. The van der Waals surface area contributed by atoms with Gasteiger partial charge in [-0.2, -0.15) is 0 Å². The lowest BCUT2D eigenvalue weighted by atomic mass is 10.1. The van der Waals surface area contributed by atoms with E-state index in [2.05, 4.69) is 10.6 Å². The van der Waals surface area contributed by atoms with Crippen LogP contribution in [0, 0.1) is 13.8 Å². The summed E-state index contributed by atoms with van der Waals surface area (Å²) in [6, 6.07) is 10.2. The quantitative estimate of drug-likeness (QED) is 0.585. The summed E-state index contributed by atoms with van der Waals surface area (Å²) in [4.78, 5) is 12.2. The molecule has 0 aliphatic rings. The number of benzene rings is 2. The van der Waals surface area contributed by atoms with Crippen molar-refractivity contribution in [3.8, 4) is 11.5 Å². The minimum Gasteiger partial charge on any atom is -0.506 e. The third kappa shape index (κ3) is 4.45. The number of nitrogens with one attached hydrogen (secondary N) is 2. The summed E-state index contributed by atoms with van der Waals surface area (Å²) < 4.78 is 5.34. The molecule has 6 heteroatoms. The van der Waals surface area contributed by atoms with Crippen LogP contribution in [-0.4, -0.2) is 22.7 Å². The molecule has 0 radical (unpaired) electrons. The molecule has 0 fully saturated rings. The van der Waals surface area contributed by atoms with Crippen LogP contribution in [0.4, 0.5) is 5.69 Å². The van der Waals surface area contributed by atoms with E-state index >= 15 is 0 Å². The lowest BCUT2D eigenvalue weighted by molar-refractivity contribution is 0.0977. The van der Waals surface area contributed by atoms with E-state index < -0.39 is 0 Å². The number of carbonyl (C=O) groups is 1. The maximum absolute atomic E-state index is 12.2. The number of aryl methyl sites for hydroxylation is 2. The highest BCUT2D eigenvalue weighted by Gasteiger charge is 2.10. The highest BCUT2D eigenvalue weighted by molar-refractivity contribution is 7.80. The molecule has 0 aliphatic heterocycles. The Hall–Kier alpha value is -2.60. The second-order valence-corrected chi connectivity index (χ2v) is 5.73. The molecule has 24 heavy (non-hydrogen) atoms. The van der Waals surface area contributed by atoms with Gasteiger partial charge in [0.05, 0.1) is 12.3 Å². The third-order valence-corrected chi connectivity index (χ3v) is 3.72. The van der Waals surface area contributed by atoms with Crippen molar-refractivity contribution in [1.82, 2.24) is 5.32 Å². The van der Waals surface area contributed by atoms with Gasteiger partial charge in [0.2, 0.25) is 0 Å². The Morgan fingerprint density at radius 2 is 1.79 bits per heavy atom. The molecule has 0 saturated carbocycles. The number of hydrogen-bond donors (Lipinski definition) is 3. The molecule has 2 aromatic carbocycles. The number of thiocarbonyl (C=S) groups is 1. The minimum absolute atomic E-state index is 0.0794. The predicted molar refractivity (Wildman–Crippen MR) is 98.9 cm³/mol. The van der Waals surface area contributed by atoms with Gasteiger partial charge in [0.15, 0.2) is 5.11 Å². The Kier molecular flexibility index (Phi) is 5.76. The molecule has 126 valence electrons. The van der Waals surface area contributed by atoms with E-state index in [-0.39, 0.29) is 16.8 Å². The van der Waals surface area contributed by atoms with Crippen LogP contribution in [0.15, 0.2) is 36.4 Å². The van der Waals surface area contributed by atoms with Crippen LogP contribution in [0.3, 0.4) is 0 Å². The molecule has 0 aliphatic carbocycles. The van der Waals surface area contributed by atoms with Crippen LogP contribution < -0.4 is 15.4 Å². The van der Waals surface area contributed by atoms with Gasteiger partial charge in [-0.05, 0) is 80.5 Å². The first-order chi connectivity index (χ1) is 11.4. The van der Waals surface area contributed by atoms with Crippen LogP contribution in [0.25, 0.3) is 0 Å². The number of aromatic hydroxyl groups is 1. The molecule has 2 aromatic rings. The Morgan fingerprint density at radius 1 is 1.17 bits per heavy atom. The maximum Gasteiger partial charge on any atom is 0.257 e. The lowest BCUT2D eigenvalue weighted by Crippen LogP contribution is -2.34. The van der Waals surface area contributed by atoms with Crippen LogP contribution in [0.1, 0.15) is 28.4 Å². The van der Waals surface area contributed by atoms with E-state index in [4.69, 9.17) is 17.0 Å². The van der Waals surface area contributed by atoms with Crippen molar-refractivity contribution in [1.29, 1.82) is 0 Å². The number of rotatable bonds is 4. The highest BCUT2D eigenvalue weighted by Crippen LogP contribution is 2.26. The number of anilines is 1. The van der Waals surface area contributed by atoms with Crippen molar-refractivity contribution in [3.05, 3.63) is 53.1 Å². The second-order valence-electron chi connectivity index (χ2n) is 5.32. The second kappa shape index (κ2) is 7.79. The van der Waals surface area contributed by atoms with Crippen molar-refractivity contribution in [2.24, 2.45) is 0 Å². The molecule has 0 atom stereocenters. The highest BCUT2D eigenvalue weighted by atomic mass is 32.1. The number of amides is 1. The van der Waals surface area contributed by atoms with Gasteiger partial charge < -0.3 is 15.2 Å². The smallest absolute Gasteiger partial charge is 0.257 e. The van der Waals surface area contributed by atoms with Gasteiger partial charge in [-0.1, -0.05) is 0 Å². The number of phenolic OH excluding ortho intramolecular Hbond substituents is 1. The molecule has 5 nitrogen and oxygen atoms in total. The van der Waals surface area contributed by atoms with Crippen LogP contribution >= 0.6 is 12.2 Å². The van der Waals surface area contributed by atoms with Crippen molar-refractivity contribution >= 4 is 28.9 Å². The first kappa shape index (κ1) is 17.7. The molecule has 0 unspecified atom stereocenters. The fraction of sp³-hybridized carbons (Fsp3) is 0.222. The SMILES string of the molecule is CCOc1ccc(C(=O)NC(=S)Nc2cc(C)c(C)cc2O)cc1. The first-order valence-corrected chi connectivity index (χ1v) is 7.97. The van der Waals surface area contributed by atoms with E-state index in [1.54, 1.807) is 36.4 Å². The van der Waals surface area contributed by atoms with Crippen LogP contribution in [0.2, 0.25) is 0 Å². The fourth-order valence-corrected chi connectivity index (χ4v) is 2.30. The van der Waals surface area contributed by atoms with Gasteiger partial charge >= 0.3 is 0 Å². The average Bonchev–Trinajstić information content (AvgIpc) is 2.53. The van der Waals surface area contributed by atoms with Crippen LogP contribution in [0.5, 0.6) is 11.5 Å². The van der Waals surface area contributed by atoms with E-state index in [9.17, 15) is 9.90 Å². The summed E-state index contributed by atoms with van der Waals surface area (Å²) in [6.07, 6.45) is 0. The summed E-state index contributed by atoms with van der Waals surface area (Å²) in [5.74, 6) is 0.449. The van der Waals surface area contributed by atoms with Gasteiger partial charge in [0.25, 0.3) is 5.91 Å². The van der Waals surface area contributed by atoms with Gasteiger partial charge in [-0.3, -0.25) is 10.1 Å². The Bertz CT molecular complexity index is 758. The predicted octanol–water partition coefficient (Wildman–Crippen LogP) is 3.53. The lowest BCUT2D eigenvalue weighted by Gasteiger charge is -2.13. The third-order valence-electron chi connectivity index (χ3n) is 3.51. The standard InChI is InChI=1S/C18H20N2O3S/c1-4-23-14-7-5-13(6-8-14)17(22)20-18(24)19-15-9-11(2)12(3)10-16(15)21/h5-10,21H,4H2,1-3H3,(H2,19,20,22,24). The summed E-state index contributed by atoms with van der Waals surface area (Å²) in [7, 11) is 0. The summed E-state index contributed by atoms with van der Waals surface area (Å²) in [5.41, 5.74) is 2.90. The number of phenols is 1. The zero-order chi connectivity index (χ0) is 17.7. The van der Waals surface area contributed by atoms with Gasteiger partial charge in [0.1, 0.15) is 11.5 Å². The van der Waals surface area contributed by atoms with Gasteiger partial charge in [-0.15, -0.1) is 0 Å². The number of hydrogen-bond acceptors (Lipinski definition) is 4. The molecular formula is C18H20N2O3S. The summed E-state index contributed by atoms with van der Waals surface area (Å²) in [6.45, 7) is 6.30. The number of ether oxygens (including phenoxy) is 1. The maximum atomic E-state index is 12.2.